The number of carbonyl (C=O) groups excluding carboxylic acids is 2. The second-order valence-corrected chi connectivity index (χ2v) is 6.81. The molecule has 138 valence electrons. The first-order valence-corrected chi connectivity index (χ1v) is 8.53. The molecule has 0 radical (unpaired) electrons. The van der Waals surface area contributed by atoms with E-state index >= 15 is 0 Å². The standard InChI is InChI=1S/C18H23N5O3/c1-11-5-7-13(8-6-11)18(3)16(24)23(17(25)21-18)10-15-20-14(22-26-15)9-12(2)19-4/h5-8,12,19H,9-10H2,1-4H3,(H,21,25). The molecule has 0 bridgehead atoms. The molecule has 0 spiro atoms. The number of rotatable bonds is 6. The van der Waals surface area contributed by atoms with E-state index in [9.17, 15) is 9.59 Å². The maximum Gasteiger partial charge on any atom is 0.325 e. The average molecular weight is 357 g/mol. The van der Waals surface area contributed by atoms with Crippen LogP contribution in [0.5, 0.6) is 0 Å². The molecule has 2 atom stereocenters. The summed E-state index contributed by atoms with van der Waals surface area (Å²) in [5.41, 5.74) is 0.715. The van der Waals surface area contributed by atoms with Crippen LogP contribution < -0.4 is 10.6 Å². The van der Waals surface area contributed by atoms with E-state index < -0.39 is 11.6 Å². The summed E-state index contributed by atoms with van der Waals surface area (Å²) in [5.74, 6) is 0.435. The number of benzene rings is 1. The van der Waals surface area contributed by atoms with Gasteiger partial charge in [-0.05, 0) is 33.4 Å². The van der Waals surface area contributed by atoms with E-state index in [0.29, 0.717) is 12.2 Å². The van der Waals surface area contributed by atoms with E-state index in [1.165, 1.54) is 0 Å². The average Bonchev–Trinajstić information content (AvgIpc) is 3.14. The number of likely N-dealkylation sites (N-methyl/N-ethyl adjacent to an activating group) is 1. The first-order chi connectivity index (χ1) is 12.3. The molecular formula is C18H23N5O3. The van der Waals surface area contributed by atoms with Gasteiger partial charge in [-0.3, -0.25) is 9.69 Å². The Morgan fingerprint density at radius 3 is 2.65 bits per heavy atom. The van der Waals surface area contributed by atoms with Gasteiger partial charge in [0.05, 0.1) is 0 Å². The van der Waals surface area contributed by atoms with Crippen molar-refractivity contribution in [3.63, 3.8) is 0 Å². The minimum atomic E-state index is -1.10. The number of amides is 3. The van der Waals surface area contributed by atoms with E-state index in [4.69, 9.17) is 4.52 Å². The maximum absolute atomic E-state index is 12.9. The van der Waals surface area contributed by atoms with Crippen LogP contribution in [0, 0.1) is 6.92 Å². The summed E-state index contributed by atoms with van der Waals surface area (Å²) in [5, 5.41) is 9.77. The number of aromatic nitrogens is 2. The van der Waals surface area contributed by atoms with Gasteiger partial charge in [0.25, 0.3) is 5.91 Å². The molecule has 1 aliphatic rings. The molecule has 1 saturated heterocycles. The molecular weight excluding hydrogens is 334 g/mol. The van der Waals surface area contributed by atoms with Gasteiger partial charge in [0.2, 0.25) is 5.89 Å². The second-order valence-electron chi connectivity index (χ2n) is 6.81. The first-order valence-electron chi connectivity index (χ1n) is 8.53. The highest BCUT2D eigenvalue weighted by atomic mass is 16.5. The Balaban J connectivity index is 1.76. The van der Waals surface area contributed by atoms with Crippen LogP contribution in [0.2, 0.25) is 0 Å². The Morgan fingerprint density at radius 2 is 2.00 bits per heavy atom. The van der Waals surface area contributed by atoms with E-state index in [-0.39, 0.29) is 24.4 Å². The van der Waals surface area contributed by atoms with Gasteiger partial charge < -0.3 is 15.2 Å². The zero-order chi connectivity index (χ0) is 18.9. The summed E-state index contributed by atoms with van der Waals surface area (Å²) in [7, 11) is 1.85. The fraction of sp³-hybridized carbons (Fsp3) is 0.444. The number of urea groups is 1. The molecule has 1 aromatic heterocycles. The third-order valence-electron chi connectivity index (χ3n) is 4.69. The largest absolute Gasteiger partial charge is 0.337 e. The van der Waals surface area contributed by atoms with Crippen LogP contribution in [0.4, 0.5) is 4.79 Å². The van der Waals surface area contributed by atoms with Gasteiger partial charge in [-0.15, -0.1) is 0 Å². The Morgan fingerprint density at radius 1 is 1.31 bits per heavy atom. The number of imide groups is 1. The highest BCUT2D eigenvalue weighted by Gasteiger charge is 2.49. The van der Waals surface area contributed by atoms with Crippen LogP contribution in [-0.4, -0.2) is 40.1 Å². The lowest BCUT2D eigenvalue weighted by Gasteiger charge is -2.22. The van der Waals surface area contributed by atoms with Crippen LogP contribution in [0.3, 0.4) is 0 Å². The SMILES string of the molecule is CNC(C)Cc1noc(CN2C(=O)NC(C)(c3ccc(C)cc3)C2=O)n1. The molecule has 3 amide bonds. The van der Waals surface area contributed by atoms with Crippen molar-refractivity contribution in [3.05, 3.63) is 47.1 Å². The summed E-state index contributed by atoms with van der Waals surface area (Å²) in [6.07, 6.45) is 0.598. The molecule has 1 aromatic carbocycles. The molecule has 2 N–H and O–H groups in total. The van der Waals surface area contributed by atoms with E-state index in [1.54, 1.807) is 6.92 Å². The van der Waals surface area contributed by atoms with Gasteiger partial charge in [0, 0.05) is 12.5 Å². The van der Waals surface area contributed by atoms with Crippen LogP contribution in [0.25, 0.3) is 0 Å². The molecule has 8 heteroatoms. The molecule has 1 fully saturated rings. The lowest BCUT2D eigenvalue weighted by Crippen LogP contribution is -2.40. The quantitative estimate of drug-likeness (QED) is 0.760. The van der Waals surface area contributed by atoms with Crippen molar-refractivity contribution >= 4 is 11.9 Å². The Bertz CT molecular complexity index is 816. The number of hydrogen-bond acceptors (Lipinski definition) is 6. The normalized spacial score (nSPS) is 21.2. The molecule has 2 heterocycles. The first kappa shape index (κ1) is 18.1. The highest BCUT2D eigenvalue weighted by Crippen LogP contribution is 2.29. The minimum absolute atomic E-state index is 0.0486. The summed E-state index contributed by atoms with van der Waals surface area (Å²) < 4.78 is 5.20. The Hall–Kier alpha value is -2.74. The van der Waals surface area contributed by atoms with Crippen molar-refractivity contribution in [2.75, 3.05) is 7.05 Å². The van der Waals surface area contributed by atoms with Crippen molar-refractivity contribution in [1.82, 2.24) is 25.7 Å². The molecule has 0 aliphatic carbocycles. The molecule has 1 aliphatic heterocycles. The fourth-order valence-corrected chi connectivity index (χ4v) is 2.87. The van der Waals surface area contributed by atoms with Gasteiger partial charge in [-0.2, -0.15) is 4.98 Å². The third-order valence-corrected chi connectivity index (χ3v) is 4.69. The topological polar surface area (TPSA) is 100 Å². The highest BCUT2D eigenvalue weighted by molar-refractivity contribution is 6.07. The predicted molar refractivity (Wildman–Crippen MR) is 94.1 cm³/mol. The molecule has 26 heavy (non-hydrogen) atoms. The van der Waals surface area contributed by atoms with Gasteiger partial charge >= 0.3 is 6.03 Å². The summed E-state index contributed by atoms with van der Waals surface area (Å²) in [4.78, 5) is 30.7. The lowest BCUT2D eigenvalue weighted by atomic mass is 9.91. The van der Waals surface area contributed by atoms with E-state index in [0.717, 1.165) is 16.0 Å². The predicted octanol–water partition coefficient (Wildman–Crippen LogP) is 1.50. The van der Waals surface area contributed by atoms with Crippen LogP contribution in [-0.2, 0) is 23.3 Å². The smallest absolute Gasteiger partial charge is 0.325 e. The van der Waals surface area contributed by atoms with Crippen molar-refractivity contribution in [2.24, 2.45) is 0 Å². The number of nitrogens with one attached hydrogen (secondary N) is 2. The van der Waals surface area contributed by atoms with Gasteiger partial charge in [-0.25, -0.2) is 4.79 Å². The zero-order valence-electron chi connectivity index (χ0n) is 15.4. The molecule has 3 rings (SSSR count). The number of nitrogens with zero attached hydrogens (tertiary/aromatic N) is 3. The van der Waals surface area contributed by atoms with Crippen molar-refractivity contribution < 1.29 is 14.1 Å². The monoisotopic (exact) mass is 357 g/mol. The third kappa shape index (κ3) is 3.32. The maximum atomic E-state index is 12.9. The van der Waals surface area contributed by atoms with Crippen molar-refractivity contribution in [3.8, 4) is 0 Å². The van der Waals surface area contributed by atoms with Crippen LogP contribution in [0.1, 0.15) is 36.7 Å². The summed E-state index contributed by atoms with van der Waals surface area (Å²) in [6, 6.07) is 7.25. The zero-order valence-corrected chi connectivity index (χ0v) is 15.4. The number of carbonyl (C=O) groups is 2. The molecule has 0 saturated carbocycles. The second kappa shape index (κ2) is 6.87. The Kier molecular flexibility index (Phi) is 4.78. The van der Waals surface area contributed by atoms with Crippen molar-refractivity contribution in [2.45, 2.75) is 45.3 Å². The van der Waals surface area contributed by atoms with Gasteiger partial charge in [0.15, 0.2) is 5.82 Å². The van der Waals surface area contributed by atoms with Crippen LogP contribution in [0.15, 0.2) is 28.8 Å². The van der Waals surface area contributed by atoms with E-state index in [1.807, 2.05) is 45.2 Å². The van der Waals surface area contributed by atoms with Gasteiger partial charge in [-0.1, -0.05) is 35.0 Å². The van der Waals surface area contributed by atoms with Gasteiger partial charge in [0.1, 0.15) is 12.1 Å². The fourth-order valence-electron chi connectivity index (χ4n) is 2.87. The van der Waals surface area contributed by atoms with E-state index in [2.05, 4.69) is 20.8 Å². The number of hydrogen-bond donors (Lipinski definition) is 2. The lowest BCUT2D eigenvalue weighted by molar-refractivity contribution is -0.131. The van der Waals surface area contributed by atoms with Crippen LogP contribution >= 0.6 is 0 Å². The number of aryl methyl sites for hydroxylation is 1. The minimum Gasteiger partial charge on any atom is -0.337 e. The summed E-state index contributed by atoms with van der Waals surface area (Å²) >= 11 is 0. The molecule has 2 unspecified atom stereocenters. The van der Waals surface area contributed by atoms with Crippen molar-refractivity contribution in [1.29, 1.82) is 0 Å². The Labute approximate surface area is 151 Å². The molecule has 8 nitrogen and oxygen atoms in total. The molecule has 2 aromatic rings. The summed E-state index contributed by atoms with van der Waals surface area (Å²) in [6.45, 7) is 5.62.